The fourth-order valence-corrected chi connectivity index (χ4v) is 8.24. The van der Waals surface area contributed by atoms with Gasteiger partial charge in [0.05, 0.1) is 43.8 Å². The SMILES string of the molecule is [B]C(C)C(C)(C)SCC(C)C(=O)OCCOC(=O)CCN(CCC(=O)OCCOC(=O)C(C)CSC(C)(C)CC(C)C)Cc1cn(CCC([B])(C)OCCC(C)(CC)OC)nn1. The molecule has 0 saturated carbocycles. The third-order valence-electron chi connectivity index (χ3n) is 10.8. The van der Waals surface area contributed by atoms with Crippen LogP contribution in [0.25, 0.3) is 0 Å². The highest BCUT2D eigenvalue weighted by molar-refractivity contribution is 8.00. The van der Waals surface area contributed by atoms with Gasteiger partial charge in [0.15, 0.2) is 0 Å². The Morgan fingerprint density at radius 2 is 1.31 bits per heavy atom. The quantitative estimate of drug-likeness (QED) is 0.0306. The lowest BCUT2D eigenvalue weighted by Gasteiger charge is -2.30. The van der Waals surface area contributed by atoms with E-state index in [4.69, 9.17) is 44.1 Å². The molecule has 352 valence electrons. The molecule has 0 N–H and O–H groups in total. The average Bonchev–Trinajstić information content (AvgIpc) is 3.65. The molecule has 0 bridgehead atoms. The molecule has 1 rings (SSSR count). The van der Waals surface area contributed by atoms with Gasteiger partial charge in [-0.05, 0) is 45.4 Å². The largest absolute Gasteiger partial charge is 0.462 e. The van der Waals surface area contributed by atoms with Gasteiger partial charge in [0.25, 0.3) is 0 Å². The van der Waals surface area contributed by atoms with E-state index >= 15 is 0 Å². The Morgan fingerprint density at radius 3 is 1.79 bits per heavy atom. The first-order valence-electron chi connectivity index (χ1n) is 22.1. The number of carbonyl (C=O) groups excluding carboxylic acids is 4. The summed E-state index contributed by atoms with van der Waals surface area (Å²) in [6, 6.07) is 0. The standard InChI is InChI=1S/C44H78B2N4O10S2/c1-14-43(11,55-13)18-22-60-44(12,46)17-21-50-29-36(47-48-50)28-49(20-16-38(52)57-24-26-59-40(54)34(5)31-62-42(9,10)35(6)45)19-15-37(51)56-23-25-58-39(53)33(4)30-61-41(7,8)27-32(2)3/h29,32-35H,14-28,30-31H2,1-13H3. The zero-order chi connectivity index (χ0) is 47.1. The van der Waals surface area contributed by atoms with Crippen LogP contribution in [0.4, 0.5) is 0 Å². The molecular formula is C44H78B2N4O10S2. The summed E-state index contributed by atoms with van der Waals surface area (Å²) in [7, 11) is 14.2. The first kappa shape index (κ1) is 57.7. The monoisotopic (exact) mass is 909 g/mol. The molecule has 4 radical (unpaired) electrons. The van der Waals surface area contributed by atoms with Crippen molar-refractivity contribution in [2.75, 3.05) is 64.7 Å². The van der Waals surface area contributed by atoms with Crippen LogP contribution in [0, 0.1) is 17.8 Å². The highest BCUT2D eigenvalue weighted by Crippen LogP contribution is 2.36. The van der Waals surface area contributed by atoms with Crippen LogP contribution in [0.1, 0.15) is 127 Å². The van der Waals surface area contributed by atoms with Crippen molar-refractivity contribution in [1.82, 2.24) is 19.9 Å². The summed E-state index contributed by atoms with van der Waals surface area (Å²) >= 11 is 3.37. The summed E-state index contributed by atoms with van der Waals surface area (Å²) in [5.41, 5.74) is -0.542. The van der Waals surface area contributed by atoms with E-state index in [2.05, 4.69) is 44.9 Å². The van der Waals surface area contributed by atoms with Gasteiger partial charge in [0, 0.05) is 72.6 Å². The van der Waals surface area contributed by atoms with E-state index in [1.54, 1.807) is 48.4 Å². The van der Waals surface area contributed by atoms with Gasteiger partial charge in [-0.3, -0.25) is 28.8 Å². The smallest absolute Gasteiger partial charge is 0.309 e. The van der Waals surface area contributed by atoms with E-state index in [1.807, 2.05) is 46.4 Å². The molecule has 14 nitrogen and oxygen atoms in total. The molecule has 0 aromatic carbocycles. The number of hydrogen-bond donors (Lipinski definition) is 0. The maximum atomic E-state index is 12.8. The minimum atomic E-state index is -0.891. The zero-order valence-electron chi connectivity index (χ0n) is 40.3. The lowest BCUT2D eigenvalue weighted by molar-refractivity contribution is -0.154. The normalized spacial score (nSPS) is 15.7. The van der Waals surface area contributed by atoms with Crippen LogP contribution < -0.4 is 0 Å². The fraction of sp³-hybridized carbons (Fsp3) is 0.864. The number of nitrogens with zero attached hydrogens (tertiary/aromatic N) is 4. The van der Waals surface area contributed by atoms with E-state index in [1.165, 1.54) is 0 Å². The molecule has 1 aromatic heterocycles. The molecule has 62 heavy (non-hydrogen) atoms. The van der Waals surface area contributed by atoms with Gasteiger partial charge in [0.1, 0.15) is 34.3 Å². The number of aryl methyl sites for hydroxylation is 1. The highest BCUT2D eigenvalue weighted by atomic mass is 32.2. The maximum absolute atomic E-state index is 12.8. The highest BCUT2D eigenvalue weighted by Gasteiger charge is 2.27. The summed E-state index contributed by atoms with van der Waals surface area (Å²) in [5, 5.41) is 8.58. The van der Waals surface area contributed by atoms with Gasteiger partial charge >= 0.3 is 23.9 Å². The van der Waals surface area contributed by atoms with Crippen molar-refractivity contribution < 1.29 is 47.6 Å². The van der Waals surface area contributed by atoms with Crippen molar-refractivity contribution in [2.45, 2.75) is 161 Å². The fourth-order valence-electron chi connectivity index (χ4n) is 5.87. The first-order chi connectivity index (χ1) is 28.8. The Bertz CT molecular complexity index is 1480. The summed E-state index contributed by atoms with van der Waals surface area (Å²) < 4.78 is 34.6. The lowest BCUT2D eigenvalue weighted by Crippen LogP contribution is -2.34. The third-order valence-corrected chi connectivity index (χ3v) is 14.2. The summed E-state index contributed by atoms with van der Waals surface area (Å²) in [4.78, 5) is 52.5. The molecule has 0 aliphatic heterocycles. The predicted octanol–water partition coefficient (Wildman–Crippen LogP) is 6.85. The number of aromatic nitrogens is 3. The van der Waals surface area contributed by atoms with Crippen LogP contribution in [0.15, 0.2) is 6.20 Å². The molecule has 0 fully saturated rings. The molecule has 0 saturated heterocycles. The molecule has 18 heteroatoms. The molecule has 5 unspecified atom stereocenters. The summed E-state index contributed by atoms with van der Waals surface area (Å²) in [6.45, 7) is 25.8. The van der Waals surface area contributed by atoms with E-state index < -0.39 is 17.4 Å². The Balaban J connectivity index is 2.74. The van der Waals surface area contributed by atoms with E-state index in [9.17, 15) is 19.2 Å². The topological polar surface area (TPSA) is 158 Å². The number of rotatable bonds is 34. The van der Waals surface area contributed by atoms with Crippen molar-refractivity contribution in [2.24, 2.45) is 17.8 Å². The van der Waals surface area contributed by atoms with Crippen LogP contribution in [0.2, 0.25) is 5.82 Å². The van der Waals surface area contributed by atoms with Crippen molar-refractivity contribution in [3.63, 3.8) is 0 Å². The van der Waals surface area contributed by atoms with Crippen LogP contribution in [-0.2, 0) is 60.7 Å². The van der Waals surface area contributed by atoms with Gasteiger partial charge < -0.3 is 28.4 Å². The molecule has 0 aliphatic rings. The summed E-state index contributed by atoms with van der Waals surface area (Å²) in [6.07, 6.45) is 4.92. The van der Waals surface area contributed by atoms with Gasteiger partial charge in [-0.1, -0.05) is 80.3 Å². The number of hydrogen-bond acceptors (Lipinski definition) is 15. The Labute approximate surface area is 384 Å². The van der Waals surface area contributed by atoms with E-state index in [-0.39, 0.29) is 104 Å². The Hall–Kier alpha value is -2.27. The lowest BCUT2D eigenvalue weighted by atomic mass is 9.79. The second-order valence-electron chi connectivity index (χ2n) is 18.4. The number of carbonyl (C=O) groups is 4. The summed E-state index contributed by atoms with van der Waals surface area (Å²) in [5.74, 6) is -0.557. The van der Waals surface area contributed by atoms with Crippen LogP contribution >= 0.6 is 23.5 Å². The van der Waals surface area contributed by atoms with E-state index in [0.29, 0.717) is 49.1 Å². The molecule has 0 spiro atoms. The second kappa shape index (κ2) is 28.6. The Morgan fingerprint density at radius 1 is 0.790 bits per heavy atom. The van der Waals surface area contributed by atoms with E-state index in [0.717, 1.165) is 12.8 Å². The number of ether oxygens (including phenoxy) is 6. The van der Waals surface area contributed by atoms with Crippen molar-refractivity contribution in [3.8, 4) is 0 Å². The van der Waals surface area contributed by atoms with Gasteiger partial charge in [-0.25, -0.2) is 0 Å². The number of esters is 4. The van der Waals surface area contributed by atoms with Crippen molar-refractivity contribution >= 4 is 63.1 Å². The minimum absolute atomic E-state index is 0.0145. The molecule has 5 atom stereocenters. The maximum Gasteiger partial charge on any atom is 0.309 e. The van der Waals surface area contributed by atoms with Crippen molar-refractivity contribution in [1.29, 1.82) is 0 Å². The van der Waals surface area contributed by atoms with Crippen LogP contribution in [0.5, 0.6) is 0 Å². The molecule has 1 heterocycles. The minimum Gasteiger partial charge on any atom is -0.462 e. The van der Waals surface area contributed by atoms with Crippen molar-refractivity contribution in [3.05, 3.63) is 11.9 Å². The third kappa shape index (κ3) is 25.3. The number of thioether (sulfide) groups is 2. The average molecular weight is 909 g/mol. The molecule has 0 aliphatic carbocycles. The van der Waals surface area contributed by atoms with Crippen LogP contribution in [0.3, 0.4) is 0 Å². The van der Waals surface area contributed by atoms with Crippen LogP contribution in [-0.4, -0.2) is 145 Å². The van der Waals surface area contributed by atoms with Gasteiger partial charge in [-0.15, -0.1) is 5.10 Å². The zero-order valence-corrected chi connectivity index (χ0v) is 41.9. The molecule has 1 aromatic rings. The Kier molecular flexibility index (Phi) is 26.6. The first-order valence-corrected chi connectivity index (χ1v) is 24.1. The van der Waals surface area contributed by atoms with Gasteiger partial charge in [0.2, 0.25) is 0 Å². The molecular weight excluding hydrogens is 830 g/mol. The predicted molar refractivity (Wildman–Crippen MR) is 249 cm³/mol. The molecule has 0 amide bonds. The number of methoxy groups -OCH3 is 1. The second-order valence-corrected chi connectivity index (χ2v) is 21.8. The van der Waals surface area contributed by atoms with Gasteiger partial charge in [-0.2, -0.15) is 23.5 Å².